The molecule has 22 heavy (non-hydrogen) atoms. The number of rotatable bonds is 3. The van der Waals surface area contributed by atoms with Crippen molar-refractivity contribution in [1.82, 2.24) is 5.32 Å². The van der Waals surface area contributed by atoms with Crippen LogP contribution in [0.5, 0.6) is 0 Å². The van der Waals surface area contributed by atoms with Crippen LogP contribution in [0.2, 0.25) is 0 Å². The highest BCUT2D eigenvalue weighted by atomic mass is 16.3. The van der Waals surface area contributed by atoms with E-state index < -0.39 is 0 Å². The molecule has 5 nitrogen and oxygen atoms in total. The molecule has 1 N–H and O–H groups in total. The van der Waals surface area contributed by atoms with E-state index in [0.29, 0.717) is 18.7 Å². The van der Waals surface area contributed by atoms with Crippen molar-refractivity contribution in [1.29, 1.82) is 0 Å². The van der Waals surface area contributed by atoms with Crippen LogP contribution in [0.15, 0.2) is 34.7 Å². The summed E-state index contributed by atoms with van der Waals surface area (Å²) in [5.74, 6) is 1.37. The van der Waals surface area contributed by atoms with Crippen molar-refractivity contribution in [2.24, 2.45) is 0 Å². The number of amides is 2. The monoisotopic (exact) mass is 298 g/mol. The van der Waals surface area contributed by atoms with Crippen LogP contribution >= 0.6 is 0 Å². The highest BCUT2D eigenvalue weighted by Gasteiger charge is 2.23. The Balaban J connectivity index is 1.73. The lowest BCUT2D eigenvalue weighted by Crippen LogP contribution is -2.26. The Morgan fingerprint density at radius 1 is 1.27 bits per heavy atom. The predicted octanol–water partition coefficient (Wildman–Crippen LogP) is 2.43. The Kier molecular flexibility index (Phi) is 3.71. The van der Waals surface area contributed by atoms with Crippen LogP contribution < -0.4 is 10.2 Å². The van der Waals surface area contributed by atoms with Crippen LogP contribution in [0.3, 0.4) is 0 Å². The average Bonchev–Trinajstić information content (AvgIpc) is 3.09. The molecule has 3 rings (SSSR count). The van der Waals surface area contributed by atoms with Crippen LogP contribution in [0.1, 0.15) is 34.4 Å². The molecule has 0 atom stereocenters. The summed E-state index contributed by atoms with van der Waals surface area (Å²) >= 11 is 0. The van der Waals surface area contributed by atoms with E-state index in [9.17, 15) is 9.59 Å². The van der Waals surface area contributed by atoms with Crippen LogP contribution in [0.25, 0.3) is 0 Å². The number of nitrogens with one attached hydrogen (secondary N) is 1. The van der Waals surface area contributed by atoms with Crippen molar-refractivity contribution in [3.63, 3.8) is 0 Å². The van der Waals surface area contributed by atoms with Crippen molar-refractivity contribution in [3.05, 3.63) is 53.0 Å². The van der Waals surface area contributed by atoms with Gasteiger partial charge in [0.05, 0.1) is 6.54 Å². The fourth-order valence-corrected chi connectivity index (χ4v) is 2.70. The Morgan fingerprint density at radius 3 is 2.77 bits per heavy atom. The molecule has 114 valence electrons. The molecule has 2 heterocycles. The minimum absolute atomic E-state index is 0.00219. The maximum Gasteiger partial charge on any atom is 0.251 e. The van der Waals surface area contributed by atoms with Crippen molar-refractivity contribution >= 4 is 17.5 Å². The topological polar surface area (TPSA) is 62.6 Å². The zero-order valence-electron chi connectivity index (χ0n) is 12.7. The first kappa shape index (κ1) is 14.4. The quantitative estimate of drug-likeness (QED) is 0.946. The summed E-state index contributed by atoms with van der Waals surface area (Å²) in [5, 5.41) is 2.83. The van der Waals surface area contributed by atoms with Crippen molar-refractivity contribution in [2.75, 3.05) is 11.4 Å². The first-order valence-corrected chi connectivity index (χ1v) is 7.29. The largest absolute Gasteiger partial charge is 0.465 e. The number of benzene rings is 1. The molecule has 0 fully saturated rings. The zero-order valence-corrected chi connectivity index (χ0v) is 12.7. The number of nitrogens with zero attached hydrogens (tertiary/aromatic N) is 1. The fraction of sp³-hybridized carbons (Fsp3) is 0.294. The average molecular weight is 298 g/mol. The molecular formula is C17H18N2O3. The lowest BCUT2D eigenvalue weighted by Gasteiger charge is -2.15. The van der Waals surface area contributed by atoms with Gasteiger partial charge in [-0.3, -0.25) is 9.59 Å². The Morgan fingerprint density at radius 2 is 2.09 bits per heavy atom. The van der Waals surface area contributed by atoms with Gasteiger partial charge in [0.25, 0.3) is 5.91 Å². The molecule has 1 aromatic heterocycles. The van der Waals surface area contributed by atoms with Gasteiger partial charge in [0.2, 0.25) is 5.91 Å². The van der Waals surface area contributed by atoms with E-state index in [1.807, 2.05) is 25.1 Å². The van der Waals surface area contributed by atoms with Crippen LogP contribution in [0.4, 0.5) is 5.69 Å². The normalized spacial score (nSPS) is 13.1. The molecule has 2 amide bonds. The number of hydrogen-bond donors (Lipinski definition) is 1. The van der Waals surface area contributed by atoms with Gasteiger partial charge in [0.1, 0.15) is 11.5 Å². The third-order valence-electron chi connectivity index (χ3n) is 3.84. The molecule has 0 spiro atoms. The first-order valence-electron chi connectivity index (χ1n) is 7.29. The minimum atomic E-state index is -0.174. The second kappa shape index (κ2) is 5.67. The van der Waals surface area contributed by atoms with Crippen molar-refractivity contribution in [2.45, 2.75) is 26.8 Å². The van der Waals surface area contributed by atoms with E-state index in [0.717, 1.165) is 29.2 Å². The van der Waals surface area contributed by atoms with Crippen molar-refractivity contribution < 1.29 is 14.0 Å². The fourth-order valence-electron chi connectivity index (χ4n) is 2.70. The number of fused-ring (bicyclic) bond motifs is 1. The van der Waals surface area contributed by atoms with Crippen LogP contribution in [-0.4, -0.2) is 18.4 Å². The second-order valence-corrected chi connectivity index (χ2v) is 5.46. The van der Waals surface area contributed by atoms with E-state index >= 15 is 0 Å². The summed E-state index contributed by atoms with van der Waals surface area (Å²) in [6.07, 6.45) is 0.836. The molecule has 2 aromatic rings. The molecule has 0 unspecified atom stereocenters. The number of anilines is 1. The predicted molar refractivity (Wildman–Crippen MR) is 82.8 cm³/mol. The molecular weight excluding hydrogens is 280 g/mol. The van der Waals surface area contributed by atoms with Crippen molar-refractivity contribution in [3.8, 4) is 0 Å². The molecule has 0 saturated carbocycles. The van der Waals surface area contributed by atoms with E-state index in [4.69, 9.17) is 4.42 Å². The molecule has 0 bridgehead atoms. The van der Waals surface area contributed by atoms with Gasteiger partial charge in [-0.1, -0.05) is 6.07 Å². The molecule has 1 aliphatic heterocycles. The third-order valence-corrected chi connectivity index (χ3v) is 3.84. The minimum Gasteiger partial charge on any atom is -0.465 e. The van der Waals surface area contributed by atoms with Gasteiger partial charge in [0.15, 0.2) is 0 Å². The highest BCUT2D eigenvalue weighted by molar-refractivity contribution is 5.99. The summed E-state index contributed by atoms with van der Waals surface area (Å²) in [5.41, 5.74) is 2.50. The summed E-state index contributed by atoms with van der Waals surface area (Å²) in [4.78, 5) is 25.6. The zero-order chi connectivity index (χ0) is 15.7. The maximum absolute atomic E-state index is 12.2. The lowest BCUT2D eigenvalue weighted by atomic mass is 10.1. The third kappa shape index (κ3) is 2.74. The molecule has 1 aromatic carbocycles. The van der Waals surface area contributed by atoms with Gasteiger partial charge in [-0.25, -0.2) is 0 Å². The van der Waals surface area contributed by atoms with E-state index in [1.165, 1.54) is 0 Å². The summed E-state index contributed by atoms with van der Waals surface area (Å²) in [6.45, 7) is 4.44. The van der Waals surface area contributed by atoms with Gasteiger partial charge in [-0.2, -0.15) is 0 Å². The Labute approximate surface area is 128 Å². The molecule has 1 aliphatic rings. The Hall–Kier alpha value is -2.56. The SMILES string of the molecule is CC(=O)N1CCc2ccc(C(=O)NCc3ccc(C)o3)cc21. The van der Waals surface area contributed by atoms with Gasteiger partial charge in [-0.05, 0) is 43.2 Å². The second-order valence-electron chi connectivity index (χ2n) is 5.46. The standard InChI is InChI=1S/C17H18N2O3/c1-11-3-6-15(22-11)10-18-17(21)14-5-4-13-7-8-19(12(2)20)16(13)9-14/h3-6,9H,7-8,10H2,1-2H3,(H,18,21). The molecule has 0 aliphatic carbocycles. The highest BCUT2D eigenvalue weighted by Crippen LogP contribution is 2.29. The smallest absolute Gasteiger partial charge is 0.251 e. The summed E-state index contributed by atoms with van der Waals surface area (Å²) in [7, 11) is 0. The van der Waals surface area contributed by atoms with E-state index in [1.54, 1.807) is 24.0 Å². The summed E-state index contributed by atoms with van der Waals surface area (Å²) in [6, 6.07) is 9.21. The number of hydrogen-bond acceptors (Lipinski definition) is 3. The first-order chi connectivity index (χ1) is 10.5. The van der Waals surface area contributed by atoms with Crippen LogP contribution in [-0.2, 0) is 17.8 Å². The van der Waals surface area contributed by atoms with Crippen LogP contribution in [0, 0.1) is 6.92 Å². The Bertz CT molecular complexity index is 733. The lowest BCUT2D eigenvalue weighted by molar-refractivity contribution is -0.116. The summed E-state index contributed by atoms with van der Waals surface area (Å²) < 4.78 is 5.42. The maximum atomic E-state index is 12.2. The van der Waals surface area contributed by atoms with E-state index in [-0.39, 0.29) is 11.8 Å². The van der Waals surface area contributed by atoms with Gasteiger partial charge < -0.3 is 14.6 Å². The number of carbonyl (C=O) groups is 2. The number of furan rings is 1. The number of carbonyl (C=O) groups excluding carboxylic acids is 2. The molecule has 5 heteroatoms. The number of aryl methyl sites for hydroxylation is 1. The van der Waals surface area contributed by atoms with Gasteiger partial charge in [-0.15, -0.1) is 0 Å². The molecule has 0 saturated heterocycles. The van der Waals surface area contributed by atoms with Gasteiger partial charge >= 0.3 is 0 Å². The molecule has 0 radical (unpaired) electrons. The van der Waals surface area contributed by atoms with E-state index in [2.05, 4.69) is 5.32 Å². The van der Waals surface area contributed by atoms with Gasteiger partial charge in [0, 0.05) is 24.7 Å².